The fraction of sp³-hybridized carbons (Fsp3) is 0.650. The van der Waals surface area contributed by atoms with E-state index in [1.54, 1.807) is 18.2 Å². The summed E-state index contributed by atoms with van der Waals surface area (Å²) in [5.74, 6) is 0.358. The van der Waals surface area contributed by atoms with Crippen LogP contribution in [0.15, 0.2) is 23.1 Å². The Kier molecular flexibility index (Phi) is 6.55. The van der Waals surface area contributed by atoms with Gasteiger partial charge in [-0.1, -0.05) is 20.3 Å². The van der Waals surface area contributed by atoms with Crippen molar-refractivity contribution in [2.75, 3.05) is 37.6 Å². The van der Waals surface area contributed by atoms with Crippen molar-refractivity contribution in [1.29, 1.82) is 0 Å². The molecule has 0 unspecified atom stereocenters. The van der Waals surface area contributed by atoms with Crippen LogP contribution in [-0.4, -0.2) is 51.9 Å². The monoisotopic (exact) mass is 393 g/mol. The van der Waals surface area contributed by atoms with E-state index in [1.807, 2.05) is 4.90 Å². The minimum Gasteiger partial charge on any atom is -0.312 e. The molecule has 27 heavy (non-hydrogen) atoms. The first-order valence-electron chi connectivity index (χ1n) is 10.1. The van der Waals surface area contributed by atoms with E-state index in [9.17, 15) is 13.2 Å². The number of fused-ring (bicyclic) bond motifs is 1. The van der Waals surface area contributed by atoms with E-state index in [1.165, 1.54) is 0 Å². The number of sulfonamides is 1. The Hall–Kier alpha value is -1.44. The highest BCUT2D eigenvalue weighted by atomic mass is 32.2. The maximum atomic E-state index is 12.6. The fourth-order valence-electron chi connectivity index (χ4n) is 3.78. The van der Waals surface area contributed by atoms with Crippen LogP contribution in [0.3, 0.4) is 0 Å². The number of anilines is 1. The summed E-state index contributed by atoms with van der Waals surface area (Å²) in [6, 6.07) is 5.15. The molecule has 1 aromatic rings. The van der Waals surface area contributed by atoms with Gasteiger partial charge in [0.1, 0.15) is 0 Å². The molecule has 1 amide bonds. The standard InChI is InChI=1S/C20H31N3O3S/c1-3-22(4-2)13-6-12-21-27(25,26)18-9-10-19-17(15-18)11-14-23(19)20(24)16-7-5-8-16/h9-10,15-16,21H,3-8,11-14H2,1-2H3. The molecule has 3 rings (SSSR count). The Morgan fingerprint density at radius 1 is 1.26 bits per heavy atom. The fourth-order valence-corrected chi connectivity index (χ4v) is 4.91. The largest absolute Gasteiger partial charge is 0.312 e. The number of carbonyl (C=O) groups excluding carboxylic acids is 1. The number of nitrogens with zero attached hydrogens (tertiary/aromatic N) is 2. The molecule has 0 bridgehead atoms. The lowest BCUT2D eigenvalue weighted by molar-refractivity contribution is -0.124. The van der Waals surface area contributed by atoms with Crippen LogP contribution in [0.4, 0.5) is 5.69 Å². The molecular formula is C20H31N3O3S. The lowest BCUT2D eigenvalue weighted by Gasteiger charge is -2.29. The van der Waals surface area contributed by atoms with Crippen molar-refractivity contribution >= 4 is 21.6 Å². The molecule has 2 aliphatic rings. The first kappa shape index (κ1) is 20.3. The van der Waals surface area contributed by atoms with Crippen molar-refractivity contribution in [3.05, 3.63) is 23.8 Å². The average molecular weight is 394 g/mol. The molecule has 0 spiro atoms. The lowest BCUT2D eigenvalue weighted by Crippen LogP contribution is -2.37. The van der Waals surface area contributed by atoms with Gasteiger partial charge in [0, 0.05) is 24.7 Å². The maximum Gasteiger partial charge on any atom is 0.240 e. The lowest BCUT2D eigenvalue weighted by atomic mass is 9.84. The Labute approximate surface area is 163 Å². The van der Waals surface area contributed by atoms with Crippen molar-refractivity contribution in [1.82, 2.24) is 9.62 Å². The number of amides is 1. The summed E-state index contributed by atoms with van der Waals surface area (Å²) in [6.45, 7) is 8.15. The topological polar surface area (TPSA) is 69.7 Å². The van der Waals surface area contributed by atoms with Crippen molar-refractivity contribution in [2.24, 2.45) is 5.92 Å². The van der Waals surface area contributed by atoms with E-state index in [0.29, 0.717) is 18.0 Å². The molecule has 1 aromatic carbocycles. The minimum atomic E-state index is -3.51. The second-order valence-electron chi connectivity index (χ2n) is 7.44. The molecule has 150 valence electrons. The third-order valence-corrected chi connectivity index (χ3v) is 7.27. The Morgan fingerprint density at radius 2 is 2.00 bits per heavy atom. The van der Waals surface area contributed by atoms with Gasteiger partial charge in [-0.15, -0.1) is 0 Å². The molecule has 0 saturated heterocycles. The predicted molar refractivity (Wildman–Crippen MR) is 107 cm³/mol. The predicted octanol–water partition coefficient (Wildman–Crippen LogP) is 2.39. The molecule has 1 heterocycles. The highest BCUT2D eigenvalue weighted by molar-refractivity contribution is 7.89. The smallest absolute Gasteiger partial charge is 0.240 e. The zero-order valence-corrected chi connectivity index (χ0v) is 17.2. The number of hydrogen-bond acceptors (Lipinski definition) is 4. The first-order valence-corrected chi connectivity index (χ1v) is 11.6. The molecule has 7 heteroatoms. The van der Waals surface area contributed by atoms with Gasteiger partial charge in [-0.2, -0.15) is 0 Å². The van der Waals surface area contributed by atoms with Gasteiger partial charge in [-0.25, -0.2) is 13.1 Å². The number of nitrogens with one attached hydrogen (secondary N) is 1. The molecule has 0 radical (unpaired) electrons. The average Bonchev–Trinajstić information content (AvgIpc) is 3.03. The number of benzene rings is 1. The van der Waals surface area contributed by atoms with Crippen molar-refractivity contribution in [2.45, 2.75) is 50.8 Å². The van der Waals surface area contributed by atoms with Gasteiger partial charge in [0.2, 0.25) is 15.9 Å². The second-order valence-corrected chi connectivity index (χ2v) is 9.20. The summed E-state index contributed by atoms with van der Waals surface area (Å²) in [4.78, 5) is 17.0. The molecule has 0 atom stereocenters. The molecule has 1 fully saturated rings. The minimum absolute atomic E-state index is 0.159. The van der Waals surface area contributed by atoms with Crippen LogP contribution < -0.4 is 9.62 Å². The summed E-state index contributed by atoms with van der Waals surface area (Å²) < 4.78 is 27.9. The van der Waals surface area contributed by atoms with E-state index >= 15 is 0 Å². The quantitative estimate of drug-likeness (QED) is 0.654. The van der Waals surface area contributed by atoms with Gasteiger partial charge in [0.05, 0.1) is 4.90 Å². The second kappa shape index (κ2) is 8.71. The van der Waals surface area contributed by atoms with Crippen LogP contribution >= 0.6 is 0 Å². The highest BCUT2D eigenvalue weighted by Gasteiger charge is 2.33. The molecule has 0 aromatic heterocycles. The molecule has 1 aliphatic heterocycles. The zero-order chi connectivity index (χ0) is 19.4. The Bertz CT molecular complexity index is 771. The van der Waals surface area contributed by atoms with Crippen LogP contribution in [0, 0.1) is 5.92 Å². The van der Waals surface area contributed by atoms with E-state index in [4.69, 9.17) is 0 Å². The number of rotatable bonds is 9. The van der Waals surface area contributed by atoms with Gasteiger partial charge in [0.25, 0.3) is 0 Å². The molecule has 1 aliphatic carbocycles. The van der Waals surface area contributed by atoms with E-state index < -0.39 is 10.0 Å². The van der Waals surface area contributed by atoms with Gasteiger partial charge < -0.3 is 9.80 Å². The van der Waals surface area contributed by atoms with E-state index in [2.05, 4.69) is 23.5 Å². The molecule has 1 saturated carbocycles. The van der Waals surface area contributed by atoms with Gasteiger partial charge in [-0.3, -0.25) is 4.79 Å². The summed E-state index contributed by atoms with van der Waals surface area (Å²) in [7, 11) is -3.51. The van der Waals surface area contributed by atoms with E-state index in [0.717, 1.165) is 63.0 Å². The van der Waals surface area contributed by atoms with Crippen LogP contribution in [0.25, 0.3) is 0 Å². The maximum absolute atomic E-state index is 12.6. The van der Waals surface area contributed by atoms with Gasteiger partial charge in [0.15, 0.2) is 0 Å². The van der Waals surface area contributed by atoms with Crippen LogP contribution in [0.5, 0.6) is 0 Å². The normalized spacial score (nSPS) is 17.2. The molecule has 1 N–H and O–H groups in total. The first-order chi connectivity index (χ1) is 13.0. The van der Waals surface area contributed by atoms with Crippen molar-refractivity contribution < 1.29 is 13.2 Å². The summed E-state index contributed by atoms with van der Waals surface area (Å²) in [5.41, 5.74) is 1.83. The number of hydrogen-bond donors (Lipinski definition) is 1. The summed E-state index contributed by atoms with van der Waals surface area (Å²) in [5, 5.41) is 0. The molecule has 6 nitrogen and oxygen atoms in total. The zero-order valence-electron chi connectivity index (χ0n) is 16.4. The van der Waals surface area contributed by atoms with Gasteiger partial charge >= 0.3 is 0 Å². The van der Waals surface area contributed by atoms with Crippen LogP contribution in [0.2, 0.25) is 0 Å². The molecular weight excluding hydrogens is 362 g/mol. The summed E-state index contributed by atoms with van der Waals surface area (Å²) in [6.07, 6.45) is 4.60. The third-order valence-electron chi connectivity index (χ3n) is 5.81. The van der Waals surface area contributed by atoms with Crippen LogP contribution in [0.1, 0.15) is 45.1 Å². The van der Waals surface area contributed by atoms with Gasteiger partial charge in [-0.05, 0) is 69.1 Å². The Morgan fingerprint density at radius 3 is 2.63 bits per heavy atom. The highest BCUT2D eigenvalue weighted by Crippen LogP contribution is 2.35. The Balaban J connectivity index is 1.61. The summed E-state index contributed by atoms with van der Waals surface area (Å²) >= 11 is 0. The van der Waals surface area contributed by atoms with Crippen LogP contribution in [-0.2, 0) is 21.2 Å². The number of carbonyl (C=O) groups is 1. The SMILES string of the molecule is CCN(CC)CCCNS(=O)(=O)c1ccc2c(c1)CCN2C(=O)C1CCC1. The van der Waals surface area contributed by atoms with Crippen molar-refractivity contribution in [3.8, 4) is 0 Å². The van der Waals surface area contributed by atoms with E-state index in [-0.39, 0.29) is 11.8 Å². The third kappa shape index (κ3) is 4.52. The van der Waals surface area contributed by atoms with Crippen molar-refractivity contribution in [3.63, 3.8) is 0 Å².